The summed E-state index contributed by atoms with van der Waals surface area (Å²) >= 11 is 0. The molecule has 0 heterocycles. The molecule has 1 rings (SSSR count). The van der Waals surface area contributed by atoms with Crippen LogP contribution < -0.4 is 4.74 Å². The summed E-state index contributed by atoms with van der Waals surface area (Å²) in [5.74, 6) is 0.713. The Morgan fingerprint density at radius 3 is 2.27 bits per heavy atom. The Hall–Kier alpha value is -1.49. The highest BCUT2D eigenvalue weighted by Gasteiger charge is 2.21. The highest BCUT2D eigenvalue weighted by molar-refractivity contribution is 5.54. The van der Waals surface area contributed by atoms with Gasteiger partial charge in [0.1, 0.15) is 11.8 Å². The molecule has 2 heteroatoms. The van der Waals surface area contributed by atoms with Crippen LogP contribution in [0.2, 0.25) is 0 Å². The minimum absolute atomic E-state index is 0.00928. The molecule has 0 aliphatic rings. The molecule has 80 valence electrons. The Morgan fingerprint density at radius 2 is 1.87 bits per heavy atom. The van der Waals surface area contributed by atoms with Gasteiger partial charge in [-0.2, -0.15) is 5.26 Å². The highest BCUT2D eigenvalue weighted by Crippen LogP contribution is 2.35. The second kappa shape index (κ2) is 3.94. The van der Waals surface area contributed by atoms with Gasteiger partial charge < -0.3 is 4.74 Å². The van der Waals surface area contributed by atoms with Crippen LogP contribution in [0.1, 0.15) is 37.5 Å². The number of hydrogen-bond donors (Lipinski definition) is 0. The SMILES string of the molecule is COc1c(C(C)(C)C)ccc(C)c1C#N. The summed E-state index contributed by atoms with van der Waals surface area (Å²) < 4.78 is 5.35. The van der Waals surface area contributed by atoms with Crippen LogP contribution in [0.5, 0.6) is 5.75 Å². The zero-order valence-corrected chi connectivity index (χ0v) is 10.0. The minimum atomic E-state index is -0.00928. The van der Waals surface area contributed by atoms with Gasteiger partial charge in [-0.1, -0.05) is 32.9 Å². The maximum atomic E-state index is 9.09. The third-order valence-corrected chi connectivity index (χ3v) is 2.49. The van der Waals surface area contributed by atoms with Gasteiger partial charge in [-0.15, -0.1) is 0 Å². The van der Waals surface area contributed by atoms with Crippen molar-refractivity contribution in [2.75, 3.05) is 7.11 Å². The number of methoxy groups -OCH3 is 1. The summed E-state index contributed by atoms with van der Waals surface area (Å²) in [7, 11) is 1.62. The van der Waals surface area contributed by atoms with E-state index in [1.807, 2.05) is 19.1 Å². The van der Waals surface area contributed by atoms with E-state index < -0.39 is 0 Å². The van der Waals surface area contributed by atoms with E-state index in [2.05, 4.69) is 26.8 Å². The maximum absolute atomic E-state index is 9.09. The second-order valence-electron chi connectivity index (χ2n) is 4.70. The van der Waals surface area contributed by atoms with Gasteiger partial charge >= 0.3 is 0 Å². The number of benzene rings is 1. The fourth-order valence-corrected chi connectivity index (χ4v) is 1.62. The zero-order valence-electron chi connectivity index (χ0n) is 10.0. The molecule has 0 atom stereocenters. The fourth-order valence-electron chi connectivity index (χ4n) is 1.62. The van der Waals surface area contributed by atoms with Crippen LogP contribution in [0.25, 0.3) is 0 Å². The molecule has 1 aromatic rings. The Balaban J connectivity index is 3.51. The molecule has 0 aromatic heterocycles. The first kappa shape index (κ1) is 11.6. The van der Waals surface area contributed by atoms with Crippen LogP contribution in [-0.2, 0) is 5.41 Å². The van der Waals surface area contributed by atoms with Gasteiger partial charge in [-0.05, 0) is 17.9 Å². The molecule has 0 unspecified atom stereocenters. The number of hydrogen-bond acceptors (Lipinski definition) is 2. The van der Waals surface area contributed by atoms with Crippen molar-refractivity contribution in [2.45, 2.75) is 33.1 Å². The normalized spacial score (nSPS) is 10.9. The number of nitrogens with zero attached hydrogens (tertiary/aromatic N) is 1. The van der Waals surface area contributed by atoms with Crippen LogP contribution in [0.15, 0.2) is 12.1 Å². The summed E-state index contributed by atoms with van der Waals surface area (Å²) in [6.07, 6.45) is 0. The predicted octanol–water partition coefficient (Wildman–Crippen LogP) is 3.17. The van der Waals surface area contributed by atoms with E-state index in [1.54, 1.807) is 7.11 Å². The van der Waals surface area contributed by atoms with Crippen LogP contribution in [0.4, 0.5) is 0 Å². The van der Waals surface area contributed by atoms with Crippen LogP contribution in [0, 0.1) is 18.3 Å². The largest absolute Gasteiger partial charge is 0.495 e. The average molecular weight is 203 g/mol. The van der Waals surface area contributed by atoms with E-state index in [1.165, 1.54) is 0 Å². The lowest BCUT2D eigenvalue weighted by molar-refractivity contribution is 0.396. The molecule has 0 radical (unpaired) electrons. The molecule has 0 aliphatic carbocycles. The third kappa shape index (κ3) is 2.12. The topological polar surface area (TPSA) is 33.0 Å². The molecular formula is C13H17NO. The predicted molar refractivity (Wildman–Crippen MR) is 61.1 cm³/mol. The van der Waals surface area contributed by atoms with Gasteiger partial charge in [-0.3, -0.25) is 0 Å². The van der Waals surface area contributed by atoms with Gasteiger partial charge in [0, 0.05) is 5.56 Å². The van der Waals surface area contributed by atoms with Crippen molar-refractivity contribution in [1.29, 1.82) is 5.26 Å². The second-order valence-corrected chi connectivity index (χ2v) is 4.70. The van der Waals surface area contributed by atoms with E-state index >= 15 is 0 Å². The smallest absolute Gasteiger partial charge is 0.140 e. The highest BCUT2D eigenvalue weighted by atomic mass is 16.5. The average Bonchev–Trinajstić information content (AvgIpc) is 2.15. The lowest BCUT2D eigenvalue weighted by Gasteiger charge is -2.23. The summed E-state index contributed by atoms with van der Waals surface area (Å²) in [6.45, 7) is 8.26. The molecule has 0 aliphatic heterocycles. The summed E-state index contributed by atoms with van der Waals surface area (Å²) in [4.78, 5) is 0. The Labute approximate surface area is 91.5 Å². The standard InChI is InChI=1S/C13H17NO/c1-9-6-7-11(13(2,3)4)12(15-5)10(9)8-14/h6-7H,1-5H3. The fraction of sp³-hybridized carbons (Fsp3) is 0.462. The summed E-state index contributed by atoms with van der Waals surface area (Å²) in [5, 5.41) is 9.09. The molecule has 0 amide bonds. The van der Waals surface area contributed by atoms with E-state index in [0.717, 1.165) is 11.1 Å². The molecule has 15 heavy (non-hydrogen) atoms. The van der Waals surface area contributed by atoms with E-state index in [0.29, 0.717) is 11.3 Å². The lowest BCUT2D eigenvalue weighted by atomic mass is 9.84. The van der Waals surface area contributed by atoms with Crippen molar-refractivity contribution >= 4 is 0 Å². The van der Waals surface area contributed by atoms with E-state index in [-0.39, 0.29) is 5.41 Å². The van der Waals surface area contributed by atoms with Crippen molar-refractivity contribution < 1.29 is 4.74 Å². The van der Waals surface area contributed by atoms with E-state index in [4.69, 9.17) is 10.00 Å². The minimum Gasteiger partial charge on any atom is -0.495 e. The zero-order chi connectivity index (χ0) is 11.6. The van der Waals surface area contributed by atoms with Gasteiger partial charge in [0.15, 0.2) is 0 Å². The first-order valence-electron chi connectivity index (χ1n) is 5.00. The van der Waals surface area contributed by atoms with Crippen LogP contribution >= 0.6 is 0 Å². The number of nitriles is 1. The van der Waals surface area contributed by atoms with Gasteiger partial charge in [-0.25, -0.2) is 0 Å². The van der Waals surface area contributed by atoms with Crippen molar-refractivity contribution in [1.82, 2.24) is 0 Å². The van der Waals surface area contributed by atoms with Crippen LogP contribution in [0.3, 0.4) is 0 Å². The molecule has 0 fully saturated rings. The number of ether oxygens (including phenoxy) is 1. The summed E-state index contributed by atoms with van der Waals surface area (Å²) in [6, 6.07) is 6.21. The molecule has 0 saturated heterocycles. The monoisotopic (exact) mass is 203 g/mol. The molecule has 0 saturated carbocycles. The van der Waals surface area contributed by atoms with Gasteiger partial charge in [0.05, 0.1) is 12.7 Å². The Bertz CT molecular complexity index is 408. The maximum Gasteiger partial charge on any atom is 0.140 e. The first-order valence-corrected chi connectivity index (χ1v) is 5.00. The Kier molecular flexibility index (Phi) is 3.04. The first-order chi connectivity index (χ1) is 6.91. The Morgan fingerprint density at radius 1 is 1.27 bits per heavy atom. The van der Waals surface area contributed by atoms with Crippen molar-refractivity contribution in [3.63, 3.8) is 0 Å². The van der Waals surface area contributed by atoms with Gasteiger partial charge in [0.25, 0.3) is 0 Å². The van der Waals surface area contributed by atoms with E-state index in [9.17, 15) is 0 Å². The summed E-state index contributed by atoms with van der Waals surface area (Å²) in [5.41, 5.74) is 2.67. The number of aryl methyl sites for hydroxylation is 1. The van der Waals surface area contributed by atoms with Gasteiger partial charge in [0.2, 0.25) is 0 Å². The molecule has 0 spiro atoms. The third-order valence-electron chi connectivity index (χ3n) is 2.49. The van der Waals surface area contributed by atoms with Crippen LogP contribution in [-0.4, -0.2) is 7.11 Å². The molecular weight excluding hydrogens is 186 g/mol. The number of rotatable bonds is 1. The molecule has 0 N–H and O–H groups in total. The quantitative estimate of drug-likeness (QED) is 0.702. The van der Waals surface area contributed by atoms with Crippen molar-refractivity contribution in [2.24, 2.45) is 0 Å². The molecule has 2 nitrogen and oxygen atoms in total. The molecule has 0 bridgehead atoms. The van der Waals surface area contributed by atoms with Crippen molar-refractivity contribution in [3.8, 4) is 11.8 Å². The molecule has 1 aromatic carbocycles. The van der Waals surface area contributed by atoms with Crippen molar-refractivity contribution in [3.05, 3.63) is 28.8 Å². The lowest BCUT2D eigenvalue weighted by Crippen LogP contribution is -2.14.